The van der Waals surface area contributed by atoms with Crippen molar-refractivity contribution in [2.75, 3.05) is 0 Å². The lowest BCUT2D eigenvalue weighted by atomic mass is 9.59. The van der Waals surface area contributed by atoms with E-state index in [1.165, 1.54) is 0 Å². The predicted octanol–water partition coefficient (Wildman–Crippen LogP) is 6.80. The molecule has 160 valence electrons. The van der Waals surface area contributed by atoms with Crippen LogP contribution in [-0.2, 0) is 11.2 Å². The van der Waals surface area contributed by atoms with Gasteiger partial charge in [-0.3, -0.25) is 0 Å². The number of esters is 1. The van der Waals surface area contributed by atoms with Crippen LogP contribution >= 0.6 is 0 Å². The largest absolute Gasteiger partial charge is 0.458 e. The summed E-state index contributed by atoms with van der Waals surface area (Å²) < 4.78 is 6.41. The van der Waals surface area contributed by atoms with Crippen LogP contribution in [0, 0.1) is 41.4 Å². The van der Waals surface area contributed by atoms with Crippen molar-refractivity contribution in [1.82, 2.24) is 4.98 Å². The van der Waals surface area contributed by atoms with Crippen LogP contribution in [0.25, 0.3) is 0 Å². The average molecular weight is 390 g/mol. The molecule has 0 aliphatic heterocycles. The maximum Gasteiger partial charge on any atom is 0.340 e. The summed E-state index contributed by atoms with van der Waals surface area (Å²) in [5.41, 5.74) is 2.98. The van der Waals surface area contributed by atoms with Gasteiger partial charge in [-0.15, -0.1) is 0 Å². The first-order valence-corrected chi connectivity index (χ1v) is 11.1. The van der Waals surface area contributed by atoms with E-state index in [-0.39, 0.29) is 22.9 Å². The fourth-order valence-corrected chi connectivity index (χ4v) is 5.02. The molecule has 3 nitrogen and oxygen atoms in total. The summed E-state index contributed by atoms with van der Waals surface area (Å²) in [4.78, 5) is 16.6. The number of aromatic amines is 1. The molecule has 3 heteroatoms. The Morgan fingerprint density at radius 3 is 2.04 bits per heavy atom. The van der Waals surface area contributed by atoms with E-state index in [1.54, 1.807) is 0 Å². The quantitative estimate of drug-likeness (QED) is 0.575. The van der Waals surface area contributed by atoms with Gasteiger partial charge < -0.3 is 9.72 Å². The predicted molar refractivity (Wildman–Crippen MR) is 118 cm³/mol. The molecule has 1 aromatic heterocycles. The molecule has 1 saturated carbocycles. The number of ether oxygens (including phenoxy) is 1. The number of aromatic nitrogens is 1. The molecule has 28 heavy (non-hydrogen) atoms. The lowest BCUT2D eigenvalue weighted by Crippen LogP contribution is -2.49. The molecule has 1 aliphatic rings. The monoisotopic (exact) mass is 389 g/mol. The van der Waals surface area contributed by atoms with Gasteiger partial charge in [0.25, 0.3) is 0 Å². The average Bonchev–Trinajstić information content (AvgIpc) is 2.86. The van der Waals surface area contributed by atoms with Crippen LogP contribution in [0.15, 0.2) is 6.20 Å². The number of nitrogens with one attached hydrogen (secondary N) is 1. The number of H-pyrrole nitrogens is 1. The third-order valence-corrected chi connectivity index (χ3v) is 6.56. The van der Waals surface area contributed by atoms with Crippen LogP contribution in [0.5, 0.6) is 0 Å². The minimum atomic E-state index is -0.141. The normalized spacial score (nSPS) is 26.5. The van der Waals surface area contributed by atoms with E-state index in [4.69, 9.17) is 4.74 Å². The summed E-state index contributed by atoms with van der Waals surface area (Å²) in [5.74, 6) is 1.77. The standard InChI is InChI=1S/C25H43NO2/c1-15(2)11-18-14-26-17(4)21(18)23(27)28-22-19(24(5,6)7)12-16(3)13-20(22)25(8,9)10/h14-16,19-20,22,26H,11-13H2,1-10H3. The minimum absolute atomic E-state index is 0.0371. The van der Waals surface area contributed by atoms with Crippen molar-refractivity contribution in [3.63, 3.8) is 0 Å². The molecule has 1 fully saturated rings. The van der Waals surface area contributed by atoms with Crippen molar-refractivity contribution in [3.8, 4) is 0 Å². The maximum absolute atomic E-state index is 13.4. The second kappa shape index (κ2) is 8.24. The zero-order valence-electron chi connectivity index (χ0n) is 19.9. The molecule has 1 aliphatic carbocycles. The molecule has 0 saturated heterocycles. The fraction of sp³-hybridized carbons (Fsp3) is 0.800. The van der Waals surface area contributed by atoms with Gasteiger partial charge in [-0.1, -0.05) is 62.3 Å². The number of hydrogen-bond acceptors (Lipinski definition) is 2. The third-order valence-electron chi connectivity index (χ3n) is 6.56. The van der Waals surface area contributed by atoms with Crippen LogP contribution in [0.3, 0.4) is 0 Å². The second-order valence-electron chi connectivity index (χ2n) is 11.8. The molecule has 2 rings (SSSR count). The van der Waals surface area contributed by atoms with Gasteiger partial charge in [0.05, 0.1) is 5.56 Å². The van der Waals surface area contributed by atoms with Crippen molar-refractivity contribution < 1.29 is 9.53 Å². The maximum atomic E-state index is 13.4. The highest BCUT2D eigenvalue weighted by Crippen LogP contribution is 2.49. The molecule has 2 unspecified atom stereocenters. The molecule has 0 radical (unpaired) electrons. The van der Waals surface area contributed by atoms with Gasteiger partial charge in [-0.05, 0) is 54.4 Å². The third kappa shape index (κ3) is 5.21. The number of carbonyl (C=O) groups excluding carboxylic acids is 1. The van der Waals surface area contributed by atoms with Crippen LogP contribution in [-0.4, -0.2) is 17.1 Å². The van der Waals surface area contributed by atoms with Gasteiger partial charge in [0.1, 0.15) is 6.10 Å². The first kappa shape index (κ1) is 23.0. The van der Waals surface area contributed by atoms with E-state index in [2.05, 4.69) is 67.3 Å². The Morgan fingerprint density at radius 1 is 1.11 bits per heavy atom. The summed E-state index contributed by atoms with van der Waals surface area (Å²) in [6.07, 6.45) is 5.09. The Morgan fingerprint density at radius 2 is 1.61 bits per heavy atom. The lowest BCUT2D eigenvalue weighted by Gasteiger charge is -2.50. The first-order valence-electron chi connectivity index (χ1n) is 11.1. The van der Waals surface area contributed by atoms with Gasteiger partial charge in [-0.25, -0.2) is 4.79 Å². The molecule has 0 amide bonds. The molecular formula is C25H43NO2. The smallest absolute Gasteiger partial charge is 0.340 e. The fourth-order valence-electron chi connectivity index (χ4n) is 5.02. The molecule has 1 N–H and O–H groups in total. The van der Waals surface area contributed by atoms with Crippen LogP contribution in [0.1, 0.15) is 96.8 Å². The summed E-state index contributed by atoms with van der Waals surface area (Å²) in [5, 5.41) is 0. The summed E-state index contributed by atoms with van der Waals surface area (Å²) in [7, 11) is 0. The number of hydrogen-bond donors (Lipinski definition) is 1. The zero-order valence-corrected chi connectivity index (χ0v) is 19.9. The van der Waals surface area contributed by atoms with Gasteiger partial charge in [0.15, 0.2) is 0 Å². The topological polar surface area (TPSA) is 42.1 Å². The Balaban J connectivity index is 2.38. The van der Waals surface area contributed by atoms with Crippen LogP contribution in [0.2, 0.25) is 0 Å². The molecule has 0 bridgehead atoms. The highest BCUT2D eigenvalue weighted by molar-refractivity contribution is 5.92. The zero-order chi connectivity index (χ0) is 21.4. The van der Waals surface area contributed by atoms with Crippen molar-refractivity contribution in [3.05, 3.63) is 23.0 Å². The van der Waals surface area contributed by atoms with Crippen molar-refractivity contribution in [2.24, 2.45) is 34.5 Å². The van der Waals surface area contributed by atoms with Gasteiger partial charge in [0.2, 0.25) is 0 Å². The first-order chi connectivity index (χ1) is 12.7. The van der Waals surface area contributed by atoms with E-state index in [0.717, 1.165) is 36.1 Å². The molecule has 0 spiro atoms. The van der Waals surface area contributed by atoms with Crippen LogP contribution < -0.4 is 0 Å². The van der Waals surface area contributed by atoms with E-state index in [0.29, 0.717) is 23.7 Å². The molecular weight excluding hydrogens is 346 g/mol. The van der Waals surface area contributed by atoms with Crippen molar-refractivity contribution in [2.45, 2.75) is 94.6 Å². The number of aryl methyl sites for hydroxylation is 1. The second-order valence-corrected chi connectivity index (χ2v) is 11.8. The van der Waals surface area contributed by atoms with Gasteiger partial charge >= 0.3 is 5.97 Å². The Labute approximate surface area is 173 Å². The molecule has 1 aromatic rings. The SMILES string of the molecule is Cc1[nH]cc(CC(C)C)c1C(=O)OC1C(C(C)(C)C)CC(C)CC1C(C)(C)C. The highest BCUT2D eigenvalue weighted by atomic mass is 16.5. The summed E-state index contributed by atoms with van der Waals surface area (Å²) in [6, 6.07) is 0. The van der Waals surface area contributed by atoms with E-state index in [1.807, 2.05) is 13.1 Å². The summed E-state index contributed by atoms with van der Waals surface area (Å²) in [6.45, 7) is 22.5. The van der Waals surface area contributed by atoms with E-state index >= 15 is 0 Å². The van der Waals surface area contributed by atoms with E-state index < -0.39 is 0 Å². The van der Waals surface area contributed by atoms with Gasteiger partial charge in [-0.2, -0.15) is 0 Å². The minimum Gasteiger partial charge on any atom is -0.458 e. The molecule has 2 atom stereocenters. The summed E-state index contributed by atoms with van der Waals surface area (Å²) >= 11 is 0. The lowest BCUT2D eigenvalue weighted by molar-refractivity contribution is -0.0924. The molecule has 0 aromatic carbocycles. The van der Waals surface area contributed by atoms with Gasteiger partial charge in [0, 0.05) is 23.7 Å². The molecule has 1 heterocycles. The van der Waals surface area contributed by atoms with Crippen molar-refractivity contribution in [1.29, 1.82) is 0 Å². The highest BCUT2D eigenvalue weighted by Gasteiger charge is 2.48. The Kier molecular flexibility index (Phi) is 6.78. The number of rotatable bonds is 4. The number of carbonyl (C=O) groups is 1. The Hall–Kier alpha value is -1.25. The Bertz CT molecular complexity index is 648. The van der Waals surface area contributed by atoms with Crippen molar-refractivity contribution >= 4 is 5.97 Å². The van der Waals surface area contributed by atoms with E-state index in [9.17, 15) is 4.79 Å². The van der Waals surface area contributed by atoms with Crippen LogP contribution in [0.4, 0.5) is 0 Å².